The van der Waals surface area contributed by atoms with Crippen molar-refractivity contribution in [3.63, 3.8) is 0 Å². The first-order chi connectivity index (χ1) is 26.7. The number of aromatic amines is 2. The van der Waals surface area contributed by atoms with Gasteiger partial charge in [0.1, 0.15) is 23.7 Å². The fourth-order valence-electron chi connectivity index (χ4n) is 7.69. The van der Waals surface area contributed by atoms with Crippen molar-refractivity contribution in [1.82, 2.24) is 35.1 Å². The second-order valence-electron chi connectivity index (χ2n) is 15.0. The lowest BCUT2D eigenvalue weighted by atomic mass is 10.0. The lowest BCUT2D eigenvalue weighted by Crippen LogP contribution is -2.50. The number of aromatic nitrogens is 4. The molecule has 0 saturated carbocycles. The average Bonchev–Trinajstić information content (AvgIpc) is 4.04. The van der Waals surface area contributed by atoms with Crippen LogP contribution in [0.25, 0.3) is 33.6 Å². The Morgan fingerprint density at radius 3 is 1.82 bits per heavy atom. The topological polar surface area (TPSA) is 153 Å². The van der Waals surface area contributed by atoms with E-state index >= 15 is 0 Å². The van der Waals surface area contributed by atoms with E-state index in [1.807, 2.05) is 36.0 Å². The van der Waals surface area contributed by atoms with E-state index in [0.29, 0.717) is 6.54 Å². The number of carbonyl (C=O) groups excluding carboxylic acids is 2. The first-order valence-corrected chi connectivity index (χ1v) is 20.3. The quantitative estimate of drug-likeness (QED) is 0.0581. The predicted molar refractivity (Wildman–Crippen MR) is 216 cm³/mol. The molecule has 4 atom stereocenters. The highest BCUT2D eigenvalue weighted by Crippen LogP contribution is 2.35. The molecule has 0 unspecified atom stereocenters. The van der Waals surface area contributed by atoms with Crippen molar-refractivity contribution in [2.75, 3.05) is 32.5 Å². The number of nitrogens with one attached hydrogen (secondary N) is 3. The number of thioether (sulfide) groups is 1. The van der Waals surface area contributed by atoms with Gasteiger partial charge < -0.3 is 30.0 Å². The molecule has 0 spiro atoms. The molecule has 2 saturated heterocycles. The van der Waals surface area contributed by atoms with E-state index in [9.17, 15) is 9.59 Å². The van der Waals surface area contributed by atoms with Crippen LogP contribution in [-0.4, -0.2) is 97.7 Å². The van der Waals surface area contributed by atoms with E-state index in [4.69, 9.17) is 14.9 Å². The number of rotatable bonds is 13. The van der Waals surface area contributed by atoms with Gasteiger partial charge in [-0.2, -0.15) is 4.89 Å². The summed E-state index contributed by atoms with van der Waals surface area (Å²) in [5.41, 5.74) is 6.08. The maximum Gasteiger partial charge on any atom is 0.248 e. The van der Waals surface area contributed by atoms with Crippen molar-refractivity contribution in [2.24, 2.45) is 21.8 Å². The number of H-pyrrole nitrogens is 2. The summed E-state index contributed by atoms with van der Waals surface area (Å²) < 4.78 is 0. The zero-order chi connectivity index (χ0) is 38.5. The molecular weight excluding hydrogens is 715 g/mol. The number of amides is 2. The van der Waals surface area contributed by atoms with Crippen LogP contribution in [0.2, 0.25) is 0 Å². The molecule has 3 aliphatic rings. The van der Waals surface area contributed by atoms with E-state index in [1.165, 1.54) is 13.5 Å². The molecule has 0 aliphatic carbocycles. The molecule has 5 heterocycles. The van der Waals surface area contributed by atoms with Crippen molar-refractivity contribution in [2.45, 2.75) is 77.5 Å². The van der Waals surface area contributed by atoms with Crippen LogP contribution in [0.15, 0.2) is 70.9 Å². The number of hydrogen-bond acceptors (Lipinski definition) is 10. The Balaban J connectivity index is 0.993. The molecule has 3 N–H and O–H groups in total. The fourth-order valence-corrected chi connectivity index (χ4v) is 8.46. The van der Waals surface area contributed by atoms with Gasteiger partial charge in [-0.1, -0.05) is 88.0 Å². The first-order valence-electron chi connectivity index (χ1n) is 19.3. The summed E-state index contributed by atoms with van der Waals surface area (Å²) in [7, 11) is 1.40. The Labute approximate surface area is 326 Å². The maximum absolute atomic E-state index is 13.8. The van der Waals surface area contributed by atoms with E-state index in [-0.39, 0.29) is 41.8 Å². The van der Waals surface area contributed by atoms with Gasteiger partial charge in [-0.25, -0.2) is 15.0 Å². The molecule has 290 valence electrons. The molecule has 0 radical (unpaired) electrons. The summed E-state index contributed by atoms with van der Waals surface area (Å²) in [4.78, 5) is 66.0. The van der Waals surface area contributed by atoms with E-state index in [0.717, 1.165) is 95.0 Å². The third kappa shape index (κ3) is 8.50. The van der Waals surface area contributed by atoms with Crippen LogP contribution in [0.5, 0.6) is 0 Å². The zero-order valence-corrected chi connectivity index (χ0v) is 33.0. The van der Waals surface area contributed by atoms with Gasteiger partial charge in [0.15, 0.2) is 5.17 Å². The second-order valence-corrected chi connectivity index (χ2v) is 16.1. The van der Waals surface area contributed by atoms with E-state index < -0.39 is 6.04 Å². The number of hydrogen-bond donors (Lipinski definition) is 3. The molecular formula is C41H51N9O4S. The van der Waals surface area contributed by atoms with Crippen molar-refractivity contribution in [3.05, 3.63) is 72.6 Å². The van der Waals surface area contributed by atoms with Crippen LogP contribution in [0, 0.1) is 11.8 Å². The largest absolute Gasteiger partial charge is 0.353 e. The molecule has 2 aromatic carbocycles. The molecule has 2 fully saturated rings. The Morgan fingerprint density at radius 1 is 0.818 bits per heavy atom. The highest BCUT2D eigenvalue weighted by molar-refractivity contribution is 8.14. The number of likely N-dealkylation sites (tertiary alicyclic amines) is 2. The molecule has 3 aliphatic heterocycles. The highest BCUT2D eigenvalue weighted by Gasteiger charge is 2.38. The third-order valence-corrected chi connectivity index (χ3v) is 11.6. The SMILES string of the molecule is COO/C=N/[C@H](C(=O)N1CCC[C@H]1c1ncc(-c2ccc(-c3ccc(-c4cnc([C@@H]5CCCN5C(=O)[C@@H](NC5=NCCS5)C(C)C)[nH]4)cc3)cc2)[nH]1)C(C)C. The van der Waals surface area contributed by atoms with Gasteiger partial charge in [0, 0.05) is 18.8 Å². The number of amidine groups is 1. The average molecular weight is 766 g/mol. The van der Waals surface area contributed by atoms with Gasteiger partial charge in [-0.3, -0.25) is 14.6 Å². The predicted octanol–water partition coefficient (Wildman–Crippen LogP) is 6.81. The fraction of sp³-hybridized carbons (Fsp3) is 0.463. The Hall–Kier alpha value is -4.95. The van der Waals surface area contributed by atoms with Gasteiger partial charge in [-0.15, -0.1) is 0 Å². The molecule has 55 heavy (non-hydrogen) atoms. The van der Waals surface area contributed by atoms with Crippen LogP contribution in [0.1, 0.15) is 77.1 Å². The highest BCUT2D eigenvalue weighted by atomic mass is 32.2. The van der Waals surface area contributed by atoms with E-state index in [1.54, 1.807) is 11.8 Å². The van der Waals surface area contributed by atoms with Crippen LogP contribution in [-0.2, 0) is 19.4 Å². The number of carbonyl (C=O) groups is 2. The summed E-state index contributed by atoms with van der Waals surface area (Å²) in [6, 6.07) is 15.8. The lowest BCUT2D eigenvalue weighted by Gasteiger charge is -2.30. The monoisotopic (exact) mass is 765 g/mol. The van der Waals surface area contributed by atoms with Crippen LogP contribution in [0.3, 0.4) is 0 Å². The van der Waals surface area contributed by atoms with Gasteiger partial charge in [0.05, 0.1) is 49.5 Å². The summed E-state index contributed by atoms with van der Waals surface area (Å²) in [5.74, 6) is 2.76. The zero-order valence-electron chi connectivity index (χ0n) is 32.2. The number of benzene rings is 2. The van der Waals surface area contributed by atoms with Crippen molar-refractivity contribution in [3.8, 4) is 33.6 Å². The number of aliphatic imine (C=N–C) groups is 2. The molecule has 7 rings (SSSR count). The number of imidazole rings is 2. The minimum atomic E-state index is -0.564. The van der Waals surface area contributed by atoms with Gasteiger partial charge in [0.25, 0.3) is 0 Å². The maximum atomic E-state index is 13.8. The minimum absolute atomic E-state index is 0.000284. The number of nitrogens with zero attached hydrogens (tertiary/aromatic N) is 6. The molecule has 4 aromatic rings. The lowest BCUT2D eigenvalue weighted by molar-refractivity contribution is -0.188. The van der Waals surface area contributed by atoms with Crippen LogP contribution < -0.4 is 5.32 Å². The molecule has 0 bridgehead atoms. The van der Waals surface area contributed by atoms with E-state index in [2.05, 4.69) is 92.5 Å². The van der Waals surface area contributed by atoms with Gasteiger partial charge in [-0.05, 0) is 59.8 Å². The smallest absolute Gasteiger partial charge is 0.248 e. The normalized spacial score (nSPS) is 19.8. The third-order valence-electron chi connectivity index (χ3n) is 10.7. The molecule has 2 amide bonds. The Bertz CT molecular complexity index is 1990. The summed E-state index contributed by atoms with van der Waals surface area (Å²) in [6.45, 7) is 10.3. The van der Waals surface area contributed by atoms with Gasteiger partial charge in [0.2, 0.25) is 18.2 Å². The first kappa shape index (κ1) is 38.3. The Kier molecular flexibility index (Phi) is 12.0. The van der Waals surface area contributed by atoms with Crippen LogP contribution >= 0.6 is 11.8 Å². The molecule has 2 aromatic heterocycles. The van der Waals surface area contributed by atoms with Gasteiger partial charge >= 0.3 is 0 Å². The Morgan fingerprint density at radius 2 is 1.35 bits per heavy atom. The van der Waals surface area contributed by atoms with Crippen LogP contribution in [0.4, 0.5) is 0 Å². The standard InChI is InChI=1S/C41H51N9O4S/c1-25(2)35(45-24-54-53-5)39(51)49-19-6-8-33(49)37-43-22-31(46-37)29-14-10-27(11-15-29)28-12-16-30(17-13-28)32-23-44-38(47-32)34-9-7-20-50(34)40(52)36(26(3)4)48-41-42-18-21-55-41/h10-17,22-26,33-36H,6-9,18-21H2,1-5H3,(H,42,48)(H,43,46)(H,44,47)/b45-24+/t33-,34-,35-,36-/m0/s1. The van der Waals surface area contributed by atoms with Crippen molar-refractivity contribution < 1.29 is 19.4 Å². The summed E-state index contributed by atoms with van der Waals surface area (Å²) in [5, 5.41) is 4.29. The molecule has 13 nitrogen and oxygen atoms in total. The summed E-state index contributed by atoms with van der Waals surface area (Å²) >= 11 is 1.68. The second kappa shape index (κ2) is 17.2. The minimum Gasteiger partial charge on any atom is -0.353 e. The van der Waals surface area contributed by atoms with Crippen molar-refractivity contribution in [1.29, 1.82) is 0 Å². The molecule has 14 heteroatoms. The summed E-state index contributed by atoms with van der Waals surface area (Å²) in [6.07, 6.45) is 8.47. The van der Waals surface area contributed by atoms with Crippen molar-refractivity contribution >= 4 is 35.1 Å².